The van der Waals surface area contributed by atoms with E-state index in [1.54, 1.807) is 0 Å². The topological polar surface area (TPSA) is 36.9 Å². The molecule has 0 aromatic rings. The molecule has 0 bridgehead atoms. The van der Waals surface area contributed by atoms with Crippen LogP contribution in [0.15, 0.2) is 12.8 Å². The number of ether oxygens (including phenoxy) is 4. The Bertz CT molecular complexity index is 323. The van der Waals surface area contributed by atoms with Crippen LogP contribution in [0, 0.1) is 0 Å². The van der Waals surface area contributed by atoms with Gasteiger partial charge in [-0.2, -0.15) is 35.1 Å². The zero-order valence-electron chi connectivity index (χ0n) is 10.1. The summed E-state index contributed by atoms with van der Waals surface area (Å²) in [5.74, 6) is 0. The fourth-order valence-corrected chi connectivity index (χ4v) is 0.838. The largest absolute Gasteiger partial charge is 0.499 e. The van der Waals surface area contributed by atoms with Gasteiger partial charge in [-0.15, -0.1) is 0 Å². The lowest BCUT2D eigenvalue weighted by Gasteiger charge is -2.28. The molecule has 126 valence electrons. The van der Waals surface area contributed by atoms with Crippen molar-refractivity contribution < 1.29 is 54.1 Å². The molecule has 0 unspecified atom stereocenters. The van der Waals surface area contributed by atoms with Gasteiger partial charge in [0.25, 0.3) is 0 Å². The highest BCUT2D eigenvalue weighted by atomic mass is 19.3. The molecule has 0 amide bonds. The van der Waals surface area contributed by atoms with Gasteiger partial charge in [0, 0.05) is 0 Å². The lowest BCUT2D eigenvalue weighted by Crippen LogP contribution is -2.50. The quantitative estimate of drug-likeness (QED) is 0.330. The van der Waals surface area contributed by atoms with E-state index in [9.17, 15) is 35.1 Å². The van der Waals surface area contributed by atoms with Crippen LogP contribution >= 0.6 is 0 Å². The summed E-state index contributed by atoms with van der Waals surface area (Å²) >= 11 is 0. The zero-order chi connectivity index (χ0) is 16.7. The Morgan fingerprint density at radius 3 is 2.00 bits per heavy atom. The van der Waals surface area contributed by atoms with Crippen molar-refractivity contribution in [3.8, 4) is 0 Å². The fourth-order valence-electron chi connectivity index (χ4n) is 0.838. The van der Waals surface area contributed by atoms with Crippen molar-refractivity contribution in [2.24, 2.45) is 0 Å². The van der Waals surface area contributed by atoms with E-state index in [2.05, 4.69) is 25.5 Å². The smallest absolute Gasteiger partial charge is 0.453 e. The van der Waals surface area contributed by atoms with Crippen molar-refractivity contribution in [1.29, 1.82) is 0 Å². The first-order valence-corrected chi connectivity index (χ1v) is 5.03. The second-order valence-corrected chi connectivity index (χ2v) is 3.24. The van der Waals surface area contributed by atoms with Crippen molar-refractivity contribution in [3.05, 3.63) is 12.8 Å². The molecule has 0 aromatic carbocycles. The lowest BCUT2D eigenvalue weighted by molar-refractivity contribution is -0.499. The Labute approximate surface area is 113 Å². The number of alkyl halides is 8. The predicted molar refractivity (Wildman–Crippen MR) is 50.0 cm³/mol. The molecule has 0 spiro atoms. The molecule has 21 heavy (non-hydrogen) atoms. The van der Waals surface area contributed by atoms with Gasteiger partial charge in [-0.3, -0.25) is 4.74 Å². The molecule has 0 saturated heterocycles. The van der Waals surface area contributed by atoms with Gasteiger partial charge in [0.05, 0.1) is 12.9 Å². The van der Waals surface area contributed by atoms with E-state index >= 15 is 0 Å². The molecule has 4 nitrogen and oxygen atoms in total. The van der Waals surface area contributed by atoms with E-state index in [-0.39, 0.29) is 6.61 Å². The fraction of sp³-hybridized carbons (Fsp3) is 0.778. The highest BCUT2D eigenvalue weighted by Gasteiger charge is 2.65. The van der Waals surface area contributed by atoms with E-state index in [1.807, 2.05) is 0 Å². The van der Waals surface area contributed by atoms with E-state index in [0.717, 1.165) is 6.26 Å². The Kier molecular flexibility index (Phi) is 7.33. The monoisotopic (exact) mass is 334 g/mol. The standard InChI is InChI=1S/C9H10F8O4/c1-2-18-3-4-19-5-7(12,13)21-9(16,17)8(14,15)20-6(10)11/h2,6H,1,3-5H2. The molecule has 0 atom stereocenters. The Morgan fingerprint density at radius 2 is 1.52 bits per heavy atom. The Balaban J connectivity index is 4.48. The normalized spacial score (nSPS) is 13.6. The van der Waals surface area contributed by atoms with Gasteiger partial charge in [-0.05, 0) is 0 Å². The van der Waals surface area contributed by atoms with Crippen LogP contribution in [0.5, 0.6) is 0 Å². The SMILES string of the molecule is C=COCCOCC(F)(F)OC(F)(F)C(F)(F)OC(F)F. The summed E-state index contributed by atoms with van der Waals surface area (Å²) < 4.78 is 112. The molecule has 0 aliphatic rings. The lowest BCUT2D eigenvalue weighted by atomic mass is 10.5. The van der Waals surface area contributed by atoms with Crippen molar-refractivity contribution in [1.82, 2.24) is 0 Å². The van der Waals surface area contributed by atoms with Gasteiger partial charge in [0.2, 0.25) is 0 Å². The third kappa shape index (κ3) is 7.43. The minimum atomic E-state index is -6.01. The molecule has 0 aliphatic heterocycles. The number of hydrogen-bond donors (Lipinski definition) is 0. The van der Waals surface area contributed by atoms with Crippen LogP contribution in [-0.2, 0) is 18.9 Å². The molecule has 12 heteroatoms. The van der Waals surface area contributed by atoms with Crippen LogP contribution < -0.4 is 0 Å². The second kappa shape index (κ2) is 7.75. The summed E-state index contributed by atoms with van der Waals surface area (Å²) in [5.41, 5.74) is 0. The summed E-state index contributed by atoms with van der Waals surface area (Å²) in [6.45, 7) is -3.84. The molecular weight excluding hydrogens is 324 g/mol. The highest BCUT2D eigenvalue weighted by molar-refractivity contribution is 4.69. The van der Waals surface area contributed by atoms with E-state index in [1.165, 1.54) is 0 Å². The minimum absolute atomic E-state index is 0.263. The third-order valence-corrected chi connectivity index (χ3v) is 1.59. The Morgan fingerprint density at radius 1 is 0.952 bits per heavy atom. The first-order chi connectivity index (χ1) is 9.43. The first-order valence-electron chi connectivity index (χ1n) is 5.03. The molecule has 0 N–H and O–H groups in total. The van der Waals surface area contributed by atoms with Crippen LogP contribution in [0.2, 0.25) is 0 Å². The molecule has 0 aliphatic carbocycles. The first kappa shape index (κ1) is 19.9. The van der Waals surface area contributed by atoms with Crippen molar-refractivity contribution >= 4 is 0 Å². The van der Waals surface area contributed by atoms with Crippen LogP contribution in [0.4, 0.5) is 35.1 Å². The molecular formula is C9H10F8O4. The van der Waals surface area contributed by atoms with Gasteiger partial charge in [0.15, 0.2) is 0 Å². The van der Waals surface area contributed by atoms with Gasteiger partial charge in [0.1, 0.15) is 13.2 Å². The summed E-state index contributed by atoms with van der Waals surface area (Å²) in [6.07, 6.45) is -15.9. The minimum Gasteiger partial charge on any atom is -0.499 e. The van der Waals surface area contributed by atoms with Crippen molar-refractivity contribution in [3.63, 3.8) is 0 Å². The summed E-state index contributed by atoms with van der Waals surface area (Å²) in [7, 11) is 0. The molecule has 0 aromatic heterocycles. The Hall–Kier alpha value is -1.14. The molecule has 0 fully saturated rings. The summed E-state index contributed by atoms with van der Waals surface area (Å²) in [4.78, 5) is 0. The molecule has 0 rings (SSSR count). The van der Waals surface area contributed by atoms with Crippen LogP contribution in [0.3, 0.4) is 0 Å². The van der Waals surface area contributed by atoms with Crippen LogP contribution in [0.25, 0.3) is 0 Å². The summed E-state index contributed by atoms with van der Waals surface area (Å²) in [6, 6.07) is 0. The molecule has 0 heterocycles. The maximum atomic E-state index is 12.8. The summed E-state index contributed by atoms with van der Waals surface area (Å²) in [5, 5.41) is 0. The molecule has 0 radical (unpaired) electrons. The van der Waals surface area contributed by atoms with Gasteiger partial charge < -0.3 is 9.47 Å². The average molecular weight is 334 g/mol. The van der Waals surface area contributed by atoms with Gasteiger partial charge in [-0.25, -0.2) is 4.74 Å². The van der Waals surface area contributed by atoms with Crippen LogP contribution in [-0.4, -0.2) is 44.8 Å². The van der Waals surface area contributed by atoms with Gasteiger partial charge >= 0.3 is 24.9 Å². The van der Waals surface area contributed by atoms with Gasteiger partial charge in [-0.1, -0.05) is 6.58 Å². The maximum Gasteiger partial charge on any atom is 0.453 e. The van der Waals surface area contributed by atoms with Crippen LogP contribution in [0.1, 0.15) is 0 Å². The highest BCUT2D eigenvalue weighted by Crippen LogP contribution is 2.41. The molecule has 0 saturated carbocycles. The van der Waals surface area contributed by atoms with Crippen molar-refractivity contribution in [2.45, 2.75) is 24.9 Å². The number of rotatable bonds is 11. The number of halogens is 8. The van der Waals surface area contributed by atoms with E-state index < -0.39 is 38.2 Å². The van der Waals surface area contributed by atoms with E-state index in [0.29, 0.717) is 0 Å². The predicted octanol–water partition coefficient (Wildman–Crippen LogP) is 3.20. The average Bonchev–Trinajstić information content (AvgIpc) is 2.25. The van der Waals surface area contributed by atoms with Crippen molar-refractivity contribution in [2.75, 3.05) is 19.8 Å². The number of hydrogen-bond acceptors (Lipinski definition) is 4. The zero-order valence-corrected chi connectivity index (χ0v) is 10.1. The van der Waals surface area contributed by atoms with E-state index in [4.69, 9.17) is 0 Å². The maximum absolute atomic E-state index is 12.8. The third-order valence-electron chi connectivity index (χ3n) is 1.59. The second-order valence-electron chi connectivity index (χ2n) is 3.24.